The Morgan fingerprint density at radius 2 is 2.21 bits per heavy atom. The van der Waals surface area contributed by atoms with Crippen LogP contribution in [0.1, 0.15) is 5.56 Å². The van der Waals surface area contributed by atoms with Crippen LogP contribution in [0, 0.1) is 0 Å². The molecule has 0 aliphatic rings. The van der Waals surface area contributed by atoms with Gasteiger partial charge in [-0.1, -0.05) is 17.7 Å². The Kier molecular flexibility index (Phi) is 5.35. The van der Waals surface area contributed by atoms with Crippen LogP contribution in [0.3, 0.4) is 0 Å². The van der Waals surface area contributed by atoms with Crippen LogP contribution in [0.15, 0.2) is 18.2 Å². The summed E-state index contributed by atoms with van der Waals surface area (Å²) in [7, 11) is 1.34. The Hall–Kier alpha value is -0.930. The lowest BCUT2D eigenvalue weighted by Crippen LogP contribution is -2.06. The van der Waals surface area contributed by atoms with Gasteiger partial charge in [-0.3, -0.25) is 4.79 Å². The topological polar surface area (TPSA) is 52.3 Å². The maximum atomic E-state index is 10.9. The van der Waals surface area contributed by atoms with Crippen molar-refractivity contribution in [2.75, 3.05) is 12.8 Å². The van der Waals surface area contributed by atoms with Crippen molar-refractivity contribution < 1.29 is 9.53 Å². The minimum absolute atomic E-state index is 0. The molecule has 5 heteroatoms. The maximum Gasteiger partial charge on any atom is 0.310 e. The second-order valence-corrected chi connectivity index (χ2v) is 3.03. The molecule has 0 spiro atoms. The van der Waals surface area contributed by atoms with Gasteiger partial charge in [0.2, 0.25) is 0 Å². The first-order valence-corrected chi connectivity index (χ1v) is 4.12. The fraction of sp³-hybridized carbons (Fsp3) is 0.222. The van der Waals surface area contributed by atoms with Crippen LogP contribution in [-0.4, -0.2) is 13.1 Å². The summed E-state index contributed by atoms with van der Waals surface area (Å²) in [5.41, 5.74) is 6.88. The highest BCUT2D eigenvalue weighted by atomic mass is 35.5. The molecular weight excluding hydrogens is 225 g/mol. The number of ether oxygens (including phenoxy) is 1. The van der Waals surface area contributed by atoms with Crippen LogP contribution in [-0.2, 0) is 16.0 Å². The highest BCUT2D eigenvalue weighted by Gasteiger charge is 2.05. The van der Waals surface area contributed by atoms with E-state index in [4.69, 9.17) is 17.3 Å². The quantitative estimate of drug-likeness (QED) is 0.631. The molecule has 0 fully saturated rings. The average Bonchev–Trinajstić information content (AvgIpc) is 2.09. The number of halogens is 2. The third kappa shape index (κ3) is 3.44. The van der Waals surface area contributed by atoms with E-state index in [1.807, 2.05) is 0 Å². The van der Waals surface area contributed by atoms with Gasteiger partial charge < -0.3 is 10.5 Å². The molecule has 0 aliphatic heterocycles. The number of esters is 1. The van der Waals surface area contributed by atoms with Gasteiger partial charge in [0.15, 0.2) is 0 Å². The van der Waals surface area contributed by atoms with Crippen LogP contribution in [0.25, 0.3) is 0 Å². The number of carbonyl (C=O) groups excluding carboxylic acids is 1. The molecule has 0 amide bonds. The summed E-state index contributed by atoms with van der Waals surface area (Å²) in [6.45, 7) is 0. The van der Waals surface area contributed by atoms with Gasteiger partial charge >= 0.3 is 5.97 Å². The fourth-order valence-corrected chi connectivity index (χ4v) is 1.13. The molecule has 0 aliphatic carbocycles. The normalized spacial score (nSPS) is 9.00. The van der Waals surface area contributed by atoms with E-state index < -0.39 is 0 Å². The molecule has 0 aromatic heterocycles. The van der Waals surface area contributed by atoms with Gasteiger partial charge in [0.25, 0.3) is 0 Å². The number of methoxy groups -OCH3 is 1. The molecule has 0 saturated heterocycles. The zero-order valence-corrected chi connectivity index (χ0v) is 9.19. The molecule has 78 valence electrons. The monoisotopic (exact) mass is 235 g/mol. The van der Waals surface area contributed by atoms with Gasteiger partial charge in [-0.2, -0.15) is 0 Å². The molecule has 0 saturated carbocycles. The Morgan fingerprint density at radius 1 is 1.57 bits per heavy atom. The first-order chi connectivity index (χ1) is 6.13. The Bertz CT molecular complexity index is 329. The first kappa shape index (κ1) is 13.1. The van der Waals surface area contributed by atoms with Gasteiger partial charge in [0.05, 0.1) is 13.5 Å². The van der Waals surface area contributed by atoms with E-state index in [0.717, 1.165) is 5.56 Å². The highest BCUT2D eigenvalue weighted by molar-refractivity contribution is 6.30. The minimum Gasteiger partial charge on any atom is -0.469 e. The van der Waals surface area contributed by atoms with E-state index in [1.54, 1.807) is 18.2 Å². The summed E-state index contributed by atoms with van der Waals surface area (Å²) < 4.78 is 4.51. The first-order valence-electron chi connectivity index (χ1n) is 3.74. The van der Waals surface area contributed by atoms with E-state index in [9.17, 15) is 4.79 Å². The van der Waals surface area contributed by atoms with E-state index >= 15 is 0 Å². The third-order valence-corrected chi connectivity index (χ3v) is 1.91. The number of hydrogen-bond donors (Lipinski definition) is 1. The van der Waals surface area contributed by atoms with Crippen molar-refractivity contribution in [1.82, 2.24) is 0 Å². The lowest BCUT2D eigenvalue weighted by molar-refractivity contribution is -0.139. The van der Waals surface area contributed by atoms with E-state index in [1.165, 1.54) is 7.11 Å². The molecular formula is C9H11Cl2NO2. The molecule has 2 N–H and O–H groups in total. The van der Waals surface area contributed by atoms with Crippen molar-refractivity contribution in [3.05, 3.63) is 28.8 Å². The lowest BCUT2D eigenvalue weighted by Gasteiger charge is -2.03. The summed E-state index contributed by atoms with van der Waals surface area (Å²) in [6, 6.07) is 5.02. The smallest absolute Gasteiger partial charge is 0.310 e. The number of rotatable bonds is 2. The van der Waals surface area contributed by atoms with Crippen molar-refractivity contribution >= 4 is 35.7 Å². The molecule has 0 heterocycles. The van der Waals surface area contributed by atoms with E-state index in [2.05, 4.69) is 4.74 Å². The van der Waals surface area contributed by atoms with Crippen LogP contribution in [0.5, 0.6) is 0 Å². The van der Waals surface area contributed by atoms with Crippen molar-refractivity contribution in [1.29, 1.82) is 0 Å². The summed E-state index contributed by atoms with van der Waals surface area (Å²) in [4.78, 5) is 10.9. The lowest BCUT2D eigenvalue weighted by atomic mass is 10.1. The predicted molar refractivity (Wildman–Crippen MR) is 58.8 cm³/mol. The molecule has 1 rings (SSSR count). The SMILES string of the molecule is COC(=O)Cc1ccc(Cl)cc1N.Cl. The number of nitrogens with two attached hydrogens (primary N) is 1. The zero-order chi connectivity index (χ0) is 9.84. The number of anilines is 1. The molecule has 14 heavy (non-hydrogen) atoms. The summed E-state index contributed by atoms with van der Waals surface area (Å²) >= 11 is 5.69. The summed E-state index contributed by atoms with van der Waals surface area (Å²) in [5.74, 6) is -0.311. The molecule has 0 unspecified atom stereocenters. The minimum atomic E-state index is -0.311. The second-order valence-electron chi connectivity index (χ2n) is 2.60. The van der Waals surface area contributed by atoms with Crippen molar-refractivity contribution in [3.8, 4) is 0 Å². The molecule has 1 aromatic rings. The van der Waals surface area contributed by atoms with Crippen LogP contribution >= 0.6 is 24.0 Å². The van der Waals surface area contributed by atoms with Crippen molar-refractivity contribution in [2.45, 2.75) is 6.42 Å². The fourth-order valence-electron chi connectivity index (χ4n) is 0.954. The van der Waals surface area contributed by atoms with Gasteiger partial charge in [0.1, 0.15) is 0 Å². The second kappa shape index (κ2) is 5.73. The Balaban J connectivity index is 0.00000169. The number of nitrogen functional groups attached to an aromatic ring is 1. The highest BCUT2D eigenvalue weighted by Crippen LogP contribution is 2.18. The molecule has 1 aromatic carbocycles. The van der Waals surface area contributed by atoms with Crippen LogP contribution < -0.4 is 5.73 Å². The number of hydrogen-bond acceptors (Lipinski definition) is 3. The van der Waals surface area contributed by atoms with Gasteiger partial charge in [-0.15, -0.1) is 12.4 Å². The van der Waals surface area contributed by atoms with Gasteiger partial charge in [0, 0.05) is 10.7 Å². The van der Waals surface area contributed by atoms with Crippen LogP contribution in [0.2, 0.25) is 5.02 Å². The van der Waals surface area contributed by atoms with E-state index in [0.29, 0.717) is 10.7 Å². The van der Waals surface area contributed by atoms with Crippen molar-refractivity contribution in [3.63, 3.8) is 0 Å². The predicted octanol–water partition coefficient (Wildman–Crippen LogP) is 2.06. The van der Waals surface area contributed by atoms with Gasteiger partial charge in [-0.05, 0) is 17.7 Å². The largest absolute Gasteiger partial charge is 0.469 e. The standard InChI is InChI=1S/C9H10ClNO2.ClH/c1-13-9(12)4-6-2-3-7(10)5-8(6)11;/h2-3,5H,4,11H2,1H3;1H. The molecule has 0 bridgehead atoms. The Morgan fingerprint density at radius 3 is 2.71 bits per heavy atom. The average molecular weight is 236 g/mol. The Labute approximate surface area is 93.6 Å². The molecule has 0 atom stereocenters. The zero-order valence-electron chi connectivity index (χ0n) is 7.62. The van der Waals surface area contributed by atoms with Crippen molar-refractivity contribution in [2.24, 2.45) is 0 Å². The summed E-state index contributed by atoms with van der Waals surface area (Å²) in [5, 5.41) is 0.561. The number of benzene rings is 1. The van der Waals surface area contributed by atoms with E-state index in [-0.39, 0.29) is 24.8 Å². The maximum absolute atomic E-state index is 10.9. The number of carbonyl (C=O) groups is 1. The third-order valence-electron chi connectivity index (χ3n) is 1.67. The summed E-state index contributed by atoms with van der Waals surface area (Å²) in [6.07, 6.45) is 0.180. The van der Waals surface area contributed by atoms with Crippen LogP contribution in [0.4, 0.5) is 5.69 Å². The molecule has 0 radical (unpaired) electrons. The molecule has 3 nitrogen and oxygen atoms in total. The van der Waals surface area contributed by atoms with Gasteiger partial charge in [-0.25, -0.2) is 0 Å².